The van der Waals surface area contributed by atoms with Crippen molar-refractivity contribution in [2.24, 2.45) is 56.7 Å². The average molecular weight is 397 g/mol. The third-order valence-corrected chi connectivity index (χ3v) is 13.1. The summed E-state index contributed by atoms with van der Waals surface area (Å²) in [6.07, 6.45) is 18.6. The Kier molecular flexibility index (Phi) is 4.38. The van der Waals surface area contributed by atoms with E-state index in [1.54, 1.807) is 0 Å². The first-order valence-electron chi connectivity index (χ1n) is 13.2. The molecule has 0 unspecified atom stereocenters. The summed E-state index contributed by atoms with van der Waals surface area (Å²) in [6, 6.07) is 0. The zero-order valence-corrected chi connectivity index (χ0v) is 20.4. The van der Waals surface area contributed by atoms with Crippen molar-refractivity contribution in [2.45, 2.75) is 112 Å². The largest absolute Gasteiger partial charge is 0.103 e. The van der Waals surface area contributed by atoms with Gasteiger partial charge in [-0.25, -0.2) is 0 Å². The molecule has 164 valence electrons. The van der Waals surface area contributed by atoms with Gasteiger partial charge in [0.15, 0.2) is 0 Å². The van der Waals surface area contributed by atoms with Crippen LogP contribution in [-0.4, -0.2) is 0 Å². The molecule has 5 fully saturated rings. The topological polar surface area (TPSA) is 0 Å². The van der Waals surface area contributed by atoms with Crippen LogP contribution in [-0.2, 0) is 0 Å². The van der Waals surface area contributed by atoms with Gasteiger partial charge in [-0.15, -0.1) is 6.58 Å². The van der Waals surface area contributed by atoms with Crippen molar-refractivity contribution < 1.29 is 0 Å². The van der Waals surface area contributed by atoms with Crippen LogP contribution in [0.3, 0.4) is 0 Å². The molecule has 0 saturated heterocycles. The quantitative estimate of drug-likeness (QED) is 0.389. The fourth-order valence-electron chi connectivity index (χ4n) is 11.6. The summed E-state index contributed by atoms with van der Waals surface area (Å²) >= 11 is 0. The molecule has 5 saturated carbocycles. The second-order valence-corrected chi connectivity index (χ2v) is 14.0. The Morgan fingerprint density at radius 1 is 0.621 bits per heavy atom. The Labute approximate surface area is 181 Å². The fraction of sp³-hybridized carbons (Fsp3) is 0.931. The highest BCUT2D eigenvalue weighted by Crippen LogP contribution is 2.77. The van der Waals surface area contributed by atoms with E-state index in [0.29, 0.717) is 27.1 Å². The number of hydrogen-bond acceptors (Lipinski definition) is 0. The SMILES string of the molecule is C=C[C@H]1CC[C@]2(C)[C@H]3CC[C@@H]4[C@@]5(C)CCCC(C)(C)[C@@H]5CC[C@@]4(C)[C@]3(C)CC[C@@H]12. The molecule has 0 aromatic carbocycles. The Balaban J connectivity index is 1.54. The van der Waals surface area contributed by atoms with Crippen LogP contribution < -0.4 is 0 Å². The molecule has 5 aliphatic rings. The van der Waals surface area contributed by atoms with E-state index in [2.05, 4.69) is 54.2 Å². The van der Waals surface area contributed by atoms with Crippen LogP contribution in [0.1, 0.15) is 112 Å². The predicted octanol–water partition coefficient (Wildman–Crippen LogP) is 8.66. The fourth-order valence-corrected chi connectivity index (χ4v) is 11.6. The van der Waals surface area contributed by atoms with Crippen molar-refractivity contribution in [1.29, 1.82) is 0 Å². The van der Waals surface area contributed by atoms with E-state index in [-0.39, 0.29) is 0 Å². The molecule has 0 heteroatoms. The molecule has 0 N–H and O–H groups in total. The van der Waals surface area contributed by atoms with Crippen molar-refractivity contribution in [3.8, 4) is 0 Å². The lowest BCUT2D eigenvalue weighted by Gasteiger charge is -2.73. The van der Waals surface area contributed by atoms with Gasteiger partial charge in [0.2, 0.25) is 0 Å². The average Bonchev–Trinajstić information content (AvgIpc) is 2.98. The Morgan fingerprint density at radius 3 is 1.90 bits per heavy atom. The van der Waals surface area contributed by atoms with Gasteiger partial charge in [0.1, 0.15) is 0 Å². The molecule has 0 aromatic rings. The van der Waals surface area contributed by atoms with Gasteiger partial charge in [-0.3, -0.25) is 0 Å². The van der Waals surface area contributed by atoms with Gasteiger partial charge in [0.25, 0.3) is 0 Å². The second-order valence-electron chi connectivity index (χ2n) is 14.0. The van der Waals surface area contributed by atoms with E-state index in [1.807, 2.05) is 0 Å². The molecule has 0 aliphatic heterocycles. The molecule has 0 nitrogen and oxygen atoms in total. The predicted molar refractivity (Wildman–Crippen MR) is 125 cm³/mol. The lowest BCUT2D eigenvalue weighted by molar-refractivity contribution is -0.240. The summed E-state index contributed by atoms with van der Waals surface area (Å²) in [6.45, 7) is 20.5. The molecule has 29 heavy (non-hydrogen) atoms. The molecule has 5 rings (SSSR count). The molecule has 0 heterocycles. The van der Waals surface area contributed by atoms with Crippen LogP contribution in [0.5, 0.6) is 0 Å². The third kappa shape index (κ3) is 2.39. The summed E-state index contributed by atoms with van der Waals surface area (Å²) in [5.41, 5.74) is 2.81. The maximum atomic E-state index is 4.23. The van der Waals surface area contributed by atoms with Gasteiger partial charge < -0.3 is 0 Å². The standard InChI is InChI=1S/C29H48/c1-8-20-12-17-26(4)21(20)13-18-28(6)23(26)10-11-24-27(5)16-9-15-25(2,3)22(27)14-19-29(24,28)7/h8,20-24H,1,9-19H2,2-7H3/t20-,21-,22-,23+,24+,26-,27-,28+,29+/m0/s1. The van der Waals surface area contributed by atoms with E-state index in [9.17, 15) is 0 Å². The smallest absolute Gasteiger partial charge is 0.0202 e. The number of allylic oxidation sites excluding steroid dienone is 1. The normalized spacial score (nSPS) is 58.5. The van der Waals surface area contributed by atoms with E-state index in [1.165, 1.54) is 70.6 Å². The van der Waals surface area contributed by atoms with Gasteiger partial charge in [-0.05, 0) is 121 Å². The second kappa shape index (κ2) is 6.16. The maximum Gasteiger partial charge on any atom is -0.0202 e. The molecule has 0 amide bonds. The molecule has 0 aromatic heterocycles. The van der Waals surface area contributed by atoms with Gasteiger partial charge in [0.05, 0.1) is 0 Å². The minimum atomic E-state index is 0.548. The van der Waals surface area contributed by atoms with Crippen LogP contribution in [0.2, 0.25) is 0 Å². The molecule has 9 atom stereocenters. The molecule has 5 aliphatic carbocycles. The van der Waals surface area contributed by atoms with Crippen LogP contribution in [0.15, 0.2) is 12.7 Å². The minimum Gasteiger partial charge on any atom is -0.103 e. The van der Waals surface area contributed by atoms with Gasteiger partial charge in [-0.2, -0.15) is 0 Å². The van der Waals surface area contributed by atoms with E-state index in [0.717, 1.165) is 29.6 Å². The summed E-state index contributed by atoms with van der Waals surface area (Å²) in [5, 5.41) is 0. The van der Waals surface area contributed by atoms with Gasteiger partial charge in [0, 0.05) is 0 Å². The molecular weight excluding hydrogens is 348 g/mol. The first-order valence-corrected chi connectivity index (χ1v) is 13.2. The molecule has 0 bridgehead atoms. The minimum absolute atomic E-state index is 0.548. The number of rotatable bonds is 1. The highest BCUT2D eigenvalue weighted by molar-refractivity contribution is 5.19. The van der Waals surface area contributed by atoms with E-state index >= 15 is 0 Å². The summed E-state index contributed by atoms with van der Waals surface area (Å²) in [4.78, 5) is 0. The maximum absolute atomic E-state index is 4.23. The van der Waals surface area contributed by atoms with Gasteiger partial charge >= 0.3 is 0 Å². The molecule has 0 spiro atoms. The first kappa shape index (κ1) is 20.6. The van der Waals surface area contributed by atoms with E-state index in [4.69, 9.17) is 0 Å². The first-order chi connectivity index (χ1) is 13.5. The monoisotopic (exact) mass is 396 g/mol. The highest BCUT2D eigenvalue weighted by atomic mass is 14.7. The highest BCUT2D eigenvalue weighted by Gasteiger charge is 2.69. The Hall–Kier alpha value is -0.260. The third-order valence-electron chi connectivity index (χ3n) is 13.1. The summed E-state index contributed by atoms with van der Waals surface area (Å²) < 4.78 is 0. The van der Waals surface area contributed by atoms with Gasteiger partial charge in [-0.1, -0.05) is 54.0 Å². The van der Waals surface area contributed by atoms with Crippen molar-refractivity contribution in [2.75, 3.05) is 0 Å². The Morgan fingerprint density at radius 2 is 1.24 bits per heavy atom. The van der Waals surface area contributed by atoms with Crippen LogP contribution in [0.25, 0.3) is 0 Å². The van der Waals surface area contributed by atoms with Crippen LogP contribution in [0, 0.1) is 56.7 Å². The van der Waals surface area contributed by atoms with Crippen molar-refractivity contribution in [1.82, 2.24) is 0 Å². The van der Waals surface area contributed by atoms with Crippen LogP contribution in [0.4, 0.5) is 0 Å². The van der Waals surface area contributed by atoms with Crippen LogP contribution >= 0.6 is 0 Å². The van der Waals surface area contributed by atoms with Crippen molar-refractivity contribution in [3.05, 3.63) is 12.7 Å². The van der Waals surface area contributed by atoms with Crippen molar-refractivity contribution >= 4 is 0 Å². The molecule has 0 radical (unpaired) electrons. The number of fused-ring (bicyclic) bond motifs is 7. The summed E-state index contributed by atoms with van der Waals surface area (Å²) in [7, 11) is 0. The van der Waals surface area contributed by atoms with E-state index < -0.39 is 0 Å². The lowest BCUT2D eigenvalue weighted by atomic mass is 9.32. The zero-order valence-electron chi connectivity index (χ0n) is 20.4. The summed E-state index contributed by atoms with van der Waals surface area (Å²) in [5.74, 6) is 4.55. The Bertz CT molecular complexity index is 688. The number of hydrogen-bond donors (Lipinski definition) is 0. The van der Waals surface area contributed by atoms with Crippen molar-refractivity contribution in [3.63, 3.8) is 0 Å². The zero-order chi connectivity index (χ0) is 20.9. The lowest BCUT2D eigenvalue weighted by Crippen LogP contribution is -2.65. The molecular formula is C29H48.